The summed E-state index contributed by atoms with van der Waals surface area (Å²) < 4.78 is 13.1. The molecule has 1 aromatic carbocycles. The molecule has 0 saturated heterocycles. The van der Waals surface area contributed by atoms with Gasteiger partial charge in [0.15, 0.2) is 0 Å². The Morgan fingerprint density at radius 2 is 2.29 bits per heavy atom. The van der Waals surface area contributed by atoms with Crippen LogP contribution < -0.4 is 5.32 Å². The second-order valence-electron chi connectivity index (χ2n) is 2.92. The van der Waals surface area contributed by atoms with Crippen molar-refractivity contribution in [3.8, 4) is 5.75 Å². The number of carbonyl (C=O) groups is 1. The van der Waals surface area contributed by atoms with Crippen molar-refractivity contribution in [1.29, 1.82) is 0 Å². The molecule has 1 aromatic rings. The molecule has 0 radical (unpaired) electrons. The zero-order valence-electron chi connectivity index (χ0n) is 7.88. The van der Waals surface area contributed by atoms with E-state index >= 15 is 0 Å². The van der Waals surface area contributed by atoms with Gasteiger partial charge in [-0.05, 0) is 18.6 Å². The Hall–Kier alpha value is -1.58. The van der Waals surface area contributed by atoms with Crippen LogP contribution in [0.5, 0.6) is 5.75 Å². The van der Waals surface area contributed by atoms with Crippen LogP contribution in [0.3, 0.4) is 0 Å². The smallest absolute Gasteiger partial charge is 0.254 e. The molecular weight excluding hydrogens is 185 g/mol. The van der Waals surface area contributed by atoms with Crippen LogP contribution in [0.25, 0.3) is 0 Å². The number of benzene rings is 1. The molecule has 0 aliphatic heterocycles. The van der Waals surface area contributed by atoms with Crippen molar-refractivity contribution < 1.29 is 14.3 Å². The zero-order valence-corrected chi connectivity index (χ0v) is 7.88. The first-order valence-electron chi connectivity index (χ1n) is 4.42. The van der Waals surface area contributed by atoms with Gasteiger partial charge in [0.2, 0.25) is 0 Å². The lowest BCUT2D eigenvalue weighted by molar-refractivity contribution is 0.0949. The molecule has 76 valence electrons. The third-order valence-corrected chi connectivity index (χ3v) is 1.73. The first-order valence-corrected chi connectivity index (χ1v) is 4.42. The van der Waals surface area contributed by atoms with Crippen LogP contribution in [0.1, 0.15) is 23.7 Å². The summed E-state index contributed by atoms with van der Waals surface area (Å²) in [4.78, 5) is 11.3. The van der Waals surface area contributed by atoms with Gasteiger partial charge in [0.1, 0.15) is 11.6 Å². The summed E-state index contributed by atoms with van der Waals surface area (Å²) in [5.74, 6) is -1.35. The number of phenolic OH excluding ortho intramolecular Hbond substituents is 1. The second kappa shape index (κ2) is 4.60. The molecule has 0 bridgehead atoms. The lowest BCUT2D eigenvalue weighted by Crippen LogP contribution is -2.24. The Kier molecular flexibility index (Phi) is 3.45. The highest BCUT2D eigenvalue weighted by molar-refractivity contribution is 5.94. The average molecular weight is 197 g/mol. The third kappa shape index (κ3) is 2.45. The number of rotatable bonds is 3. The molecule has 0 saturated carbocycles. The molecule has 0 aliphatic rings. The van der Waals surface area contributed by atoms with Crippen molar-refractivity contribution in [3.63, 3.8) is 0 Å². The van der Waals surface area contributed by atoms with E-state index in [0.717, 1.165) is 12.5 Å². The molecule has 3 nitrogen and oxygen atoms in total. The summed E-state index contributed by atoms with van der Waals surface area (Å²) in [7, 11) is 0. The standard InChI is InChI=1S/C10H12FNO2/c1-2-5-12-10(14)8-4-3-7(13)6-9(8)11/h3-4,6,13H,2,5H2,1H3,(H,12,14). The number of carbonyl (C=O) groups excluding carboxylic acids is 1. The summed E-state index contributed by atoms with van der Waals surface area (Å²) in [5.41, 5.74) is -0.0451. The van der Waals surface area contributed by atoms with Crippen LogP contribution in [-0.2, 0) is 0 Å². The number of hydrogen-bond acceptors (Lipinski definition) is 2. The van der Waals surface area contributed by atoms with Crippen molar-refractivity contribution in [2.75, 3.05) is 6.54 Å². The van der Waals surface area contributed by atoms with Gasteiger partial charge >= 0.3 is 0 Å². The van der Waals surface area contributed by atoms with Crippen LogP contribution in [0.15, 0.2) is 18.2 Å². The minimum Gasteiger partial charge on any atom is -0.508 e. The largest absolute Gasteiger partial charge is 0.508 e. The molecule has 0 unspecified atom stereocenters. The van der Waals surface area contributed by atoms with Crippen molar-refractivity contribution >= 4 is 5.91 Å². The number of nitrogens with one attached hydrogen (secondary N) is 1. The van der Waals surface area contributed by atoms with E-state index in [0.29, 0.717) is 6.54 Å². The fourth-order valence-electron chi connectivity index (χ4n) is 1.02. The molecule has 0 spiro atoms. The number of hydrogen-bond donors (Lipinski definition) is 2. The zero-order chi connectivity index (χ0) is 10.6. The molecule has 0 fully saturated rings. The summed E-state index contributed by atoms with van der Waals surface area (Å²) in [6, 6.07) is 3.46. The normalized spacial score (nSPS) is 9.86. The van der Waals surface area contributed by atoms with Crippen molar-refractivity contribution in [2.24, 2.45) is 0 Å². The minimum atomic E-state index is -0.710. The summed E-state index contributed by atoms with van der Waals surface area (Å²) in [5, 5.41) is 11.5. The third-order valence-electron chi connectivity index (χ3n) is 1.73. The van der Waals surface area contributed by atoms with E-state index in [9.17, 15) is 9.18 Å². The molecule has 4 heteroatoms. The molecule has 1 rings (SSSR count). The van der Waals surface area contributed by atoms with Gasteiger partial charge in [0.05, 0.1) is 5.56 Å². The van der Waals surface area contributed by atoms with Gasteiger partial charge in [0.25, 0.3) is 5.91 Å². The van der Waals surface area contributed by atoms with Crippen LogP contribution in [0, 0.1) is 5.82 Å². The predicted octanol–water partition coefficient (Wildman–Crippen LogP) is 1.67. The number of halogens is 1. The second-order valence-corrected chi connectivity index (χ2v) is 2.92. The molecule has 0 heterocycles. The van der Waals surface area contributed by atoms with Gasteiger partial charge in [-0.3, -0.25) is 4.79 Å². The summed E-state index contributed by atoms with van der Waals surface area (Å²) in [6.45, 7) is 2.42. The summed E-state index contributed by atoms with van der Waals surface area (Å²) >= 11 is 0. The van der Waals surface area contributed by atoms with E-state index in [-0.39, 0.29) is 11.3 Å². The van der Waals surface area contributed by atoms with Gasteiger partial charge in [-0.2, -0.15) is 0 Å². The number of aromatic hydroxyl groups is 1. The maximum atomic E-state index is 13.1. The van der Waals surface area contributed by atoms with Gasteiger partial charge in [0, 0.05) is 12.6 Å². The average Bonchev–Trinajstić information content (AvgIpc) is 2.14. The van der Waals surface area contributed by atoms with Crippen LogP contribution in [0.2, 0.25) is 0 Å². The Balaban J connectivity index is 2.80. The monoisotopic (exact) mass is 197 g/mol. The maximum absolute atomic E-state index is 13.1. The molecule has 0 aliphatic carbocycles. The van der Waals surface area contributed by atoms with Crippen LogP contribution in [-0.4, -0.2) is 17.6 Å². The quantitative estimate of drug-likeness (QED) is 0.774. The van der Waals surface area contributed by atoms with Crippen LogP contribution in [0.4, 0.5) is 4.39 Å². The highest BCUT2D eigenvalue weighted by Gasteiger charge is 2.10. The van der Waals surface area contributed by atoms with Crippen molar-refractivity contribution in [1.82, 2.24) is 5.32 Å². The van der Waals surface area contributed by atoms with E-state index < -0.39 is 11.7 Å². The van der Waals surface area contributed by atoms with E-state index in [4.69, 9.17) is 5.11 Å². The first kappa shape index (κ1) is 10.5. The minimum absolute atomic E-state index is 0.0451. The molecule has 1 amide bonds. The van der Waals surface area contributed by atoms with E-state index in [1.807, 2.05) is 6.92 Å². The number of amides is 1. The van der Waals surface area contributed by atoms with Crippen molar-refractivity contribution in [2.45, 2.75) is 13.3 Å². The van der Waals surface area contributed by atoms with Gasteiger partial charge in [-0.25, -0.2) is 4.39 Å². The fraction of sp³-hybridized carbons (Fsp3) is 0.300. The fourth-order valence-corrected chi connectivity index (χ4v) is 1.02. The Morgan fingerprint density at radius 1 is 1.57 bits per heavy atom. The van der Waals surface area contributed by atoms with Gasteiger partial charge in [-0.15, -0.1) is 0 Å². The molecule has 0 atom stereocenters. The van der Waals surface area contributed by atoms with Crippen molar-refractivity contribution in [3.05, 3.63) is 29.6 Å². The highest BCUT2D eigenvalue weighted by atomic mass is 19.1. The van der Waals surface area contributed by atoms with Gasteiger partial charge in [-0.1, -0.05) is 6.92 Å². The molecule has 2 N–H and O–H groups in total. The molecule has 0 aromatic heterocycles. The Bertz CT molecular complexity index is 339. The Morgan fingerprint density at radius 3 is 2.86 bits per heavy atom. The highest BCUT2D eigenvalue weighted by Crippen LogP contribution is 2.14. The summed E-state index contributed by atoms with van der Waals surface area (Å²) in [6.07, 6.45) is 0.797. The maximum Gasteiger partial charge on any atom is 0.254 e. The Labute approximate surface area is 81.6 Å². The van der Waals surface area contributed by atoms with E-state index in [1.54, 1.807) is 0 Å². The lowest BCUT2D eigenvalue weighted by Gasteiger charge is -2.04. The molecular formula is C10H12FNO2. The van der Waals surface area contributed by atoms with E-state index in [2.05, 4.69) is 5.32 Å². The molecule has 14 heavy (non-hydrogen) atoms. The first-order chi connectivity index (χ1) is 6.65. The van der Waals surface area contributed by atoms with Crippen LogP contribution >= 0.6 is 0 Å². The SMILES string of the molecule is CCCNC(=O)c1ccc(O)cc1F. The van der Waals surface area contributed by atoms with E-state index in [1.165, 1.54) is 12.1 Å². The number of phenols is 1. The van der Waals surface area contributed by atoms with Gasteiger partial charge < -0.3 is 10.4 Å². The lowest BCUT2D eigenvalue weighted by atomic mass is 10.2. The topological polar surface area (TPSA) is 49.3 Å². The predicted molar refractivity (Wildman–Crippen MR) is 50.7 cm³/mol.